The van der Waals surface area contributed by atoms with E-state index in [-0.39, 0.29) is 39.4 Å². The van der Waals surface area contributed by atoms with E-state index >= 15 is 0 Å². The van der Waals surface area contributed by atoms with Gasteiger partial charge in [0, 0.05) is 22.5 Å². The van der Waals surface area contributed by atoms with Gasteiger partial charge in [0.25, 0.3) is 0 Å². The molecular formula is C47H32F6N2O8. The number of alkyl halides is 6. The second-order valence-electron chi connectivity index (χ2n) is 13.5. The average molecular weight is 867 g/mol. The largest absolute Gasteiger partial charge is 0.573 e. The number of nitrogen functional groups attached to an aromatic ring is 2. The molecule has 0 radical (unpaired) electrons. The summed E-state index contributed by atoms with van der Waals surface area (Å²) < 4.78 is 92.7. The zero-order valence-electron chi connectivity index (χ0n) is 32.6. The second kappa shape index (κ2) is 18.6. The Morgan fingerprint density at radius 2 is 0.921 bits per heavy atom. The minimum Gasteiger partial charge on any atom is -0.423 e. The van der Waals surface area contributed by atoms with Crippen molar-refractivity contribution in [3.8, 4) is 34.1 Å². The topological polar surface area (TPSA) is 157 Å². The fourth-order valence-corrected chi connectivity index (χ4v) is 6.00. The summed E-state index contributed by atoms with van der Waals surface area (Å²) in [5.41, 5.74) is 15.9. The van der Waals surface area contributed by atoms with E-state index in [2.05, 4.69) is 9.47 Å². The monoisotopic (exact) mass is 866 g/mol. The molecule has 4 N–H and O–H groups in total. The molecule has 0 saturated carbocycles. The molecule has 320 valence electrons. The standard InChI is InChI=1S/C47H32F6N2O8/c1-27-40(55)23-22-38(43(27)42(57)25-7-29-4-10-31(11-5-29)45(59)61-34-15-19-36(20-16-34)63-47(51,52)53)37-21-12-32(54)26-39(37)41(56)24-6-28-2-8-30(9-3-28)44(58)60-33-13-17-35(18-14-33)62-46(48,49)50/h2-26H,54-55H2,1H3. The van der Waals surface area contributed by atoms with Crippen LogP contribution in [-0.4, -0.2) is 36.2 Å². The number of anilines is 2. The van der Waals surface area contributed by atoms with Gasteiger partial charge in [0.2, 0.25) is 0 Å². The van der Waals surface area contributed by atoms with Gasteiger partial charge < -0.3 is 30.4 Å². The molecule has 0 saturated heterocycles. The zero-order chi connectivity index (χ0) is 45.5. The summed E-state index contributed by atoms with van der Waals surface area (Å²) in [6, 6.07) is 28.5. The quantitative estimate of drug-likeness (QED) is 0.0286. The van der Waals surface area contributed by atoms with Gasteiger partial charge in [-0.1, -0.05) is 48.6 Å². The fourth-order valence-electron chi connectivity index (χ4n) is 6.00. The number of benzene rings is 6. The van der Waals surface area contributed by atoms with Crippen LogP contribution >= 0.6 is 0 Å². The van der Waals surface area contributed by atoms with Crippen molar-refractivity contribution in [1.82, 2.24) is 0 Å². The highest BCUT2D eigenvalue weighted by molar-refractivity contribution is 6.16. The molecule has 6 aromatic rings. The first kappa shape index (κ1) is 44.4. The lowest BCUT2D eigenvalue weighted by Gasteiger charge is -2.16. The number of hydrogen-bond acceptors (Lipinski definition) is 10. The van der Waals surface area contributed by atoms with Crippen LogP contribution in [0, 0.1) is 6.92 Å². The van der Waals surface area contributed by atoms with E-state index in [9.17, 15) is 45.5 Å². The maximum atomic E-state index is 13.9. The summed E-state index contributed by atoms with van der Waals surface area (Å²) in [7, 11) is 0. The summed E-state index contributed by atoms with van der Waals surface area (Å²) in [5, 5.41) is 0. The average Bonchev–Trinajstić information content (AvgIpc) is 3.23. The van der Waals surface area contributed by atoms with Crippen LogP contribution in [0.25, 0.3) is 23.3 Å². The van der Waals surface area contributed by atoms with Gasteiger partial charge in [-0.05, 0) is 138 Å². The molecule has 6 aromatic carbocycles. The zero-order valence-corrected chi connectivity index (χ0v) is 32.6. The molecule has 0 aromatic heterocycles. The molecule has 0 heterocycles. The van der Waals surface area contributed by atoms with Gasteiger partial charge in [-0.3, -0.25) is 9.59 Å². The number of rotatable bonds is 13. The van der Waals surface area contributed by atoms with Crippen molar-refractivity contribution in [2.75, 3.05) is 11.5 Å². The Kier molecular flexibility index (Phi) is 13.1. The van der Waals surface area contributed by atoms with Crippen LogP contribution in [0.15, 0.2) is 140 Å². The SMILES string of the molecule is Cc1c(N)ccc(-c2ccc(N)cc2C(=O)C=Cc2ccc(C(=O)Oc3ccc(OC(F)(F)F)cc3)cc2)c1C(=O)C=Cc1ccc(C(=O)Oc2ccc(OC(F)(F)F)cc2)cc1. The van der Waals surface area contributed by atoms with Crippen LogP contribution in [0.4, 0.5) is 37.7 Å². The molecule has 16 heteroatoms. The lowest BCUT2D eigenvalue weighted by atomic mass is 9.88. The molecular weight excluding hydrogens is 835 g/mol. The summed E-state index contributed by atoms with van der Waals surface area (Å²) in [5.74, 6) is -3.44. The first-order valence-corrected chi connectivity index (χ1v) is 18.4. The van der Waals surface area contributed by atoms with Crippen LogP contribution in [0.5, 0.6) is 23.0 Å². The third kappa shape index (κ3) is 12.0. The first-order chi connectivity index (χ1) is 29.8. The van der Waals surface area contributed by atoms with Crippen molar-refractivity contribution in [1.29, 1.82) is 0 Å². The molecule has 0 fully saturated rings. The molecule has 0 aliphatic carbocycles. The minimum atomic E-state index is -4.87. The maximum Gasteiger partial charge on any atom is 0.573 e. The number of allylic oxidation sites excluding steroid dienone is 2. The van der Waals surface area contributed by atoms with E-state index in [1.54, 1.807) is 55.5 Å². The van der Waals surface area contributed by atoms with Crippen molar-refractivity contribution in [3.63, 3.8) is 0 Å². The van der Waals surface area contributed by atoms with Crippen molar-refractivity contribution < 1.29 is 64.5 Å². The lowest BCUT2D eigenvalue weighted by Crippen LogP contribution is -2.17. The van der Waals surface area contributed by atoms with Gasteiger partial charge in [-0.15, -0.1) is 26.3 Å². The van der Waals surface area contributed by atoms with Crippen molar-refractivity contribution in [2.24, 2.45) is 0 Å². The number of halogens is 6. The number of nitrogens with two attached hydrogens (primary N) is 2. The predicted molar refractivity (Wildman–Crippen MR) is 221 cm³/mol. The van der Waals surface area contributed by atoms with Gasteiger partial charge in [0.15, 0.2) is 11.6 Å². The van der Waals surface area contributed by atoms with Gasteiger partial charge in [-0.2, -0.15) is 0 Å². The normalized spacial score (nSPS) is 11.7. The van der Waals surface area contributed by atoms with Crippen LogP contribution in [0.2, 0.25) is 0 Å². The van der Waals surface area contributed by atoms with Crippen LogP contribution in [0.3, 0.4) is 0 Å². The number of hydrogen-bond donors (Lipinski definition) is 2. The molecule has 0 aliphatic heterocycles. The number of carbonyl (C=O) groups is 4. The number of carbonyl (C=O) groups excluding carboxylic acids is 4. The highest BCUT2D eigenvalue weighted by Crippen LogP contribution is 2.34. The molecule has 0 spiro atoms. The third-order valence-electron chi connectivity index (χ3n) is 9.04. The summed E-state index contributed by atoms with van der Waals surface area (Å²) in [4.78, 5) is 52.9. The first-order valence-electron chi connectivity index (χ1n) is 18.4. The van der Waals surface area contributed by atoms with Crippen molar-refractivity contribution >= 4 is 47.0 Å². The fraction of sp³-hybridized carbons (Fsp3) is 0.0638. The molecule has 63 heavy (non-hydrogen) atoms. The molecule has 0 amide bonds. The minimum absolute atomic E-state index is 0.00949. The smallest absolute Gasteiger partial charge is 0.423 e. The van der Waals surface area contributed by atoms with Crippen LogP contribution in [0.1, 0.15) is 58.1 Å². The Labute approximate surface area is 354 Å². The highest BCUT2D eigenvalue weighted by atomic mass is 19.4. The Hall–Kier alpha value is -8.14. The summed E-state index contributed by atoms with van der Waals surface area (Å²) in [6.45, 7) is 1.67. The Bertz CT molecular complexity index is 2730. The maximum absolute atomic E-state index is 13.9. The van der Waals surface area contributed by atoms with Crippen LogP contribution in [-0.2, 0) is 0 Å². The Morgan fingerprint density at radius 3 is 1.37 bits per heavy atom. The van der Waals surface area contributed by atoms with E-state index in [0.29, 0.717) is 33.5 Å². The van der Waals surface area contributed by atoms with Crippen LogP contribution < -0.4 is 30.4 Å². The van der Waals surface area contributed by atoms with Crippen molar-refractivity contribution in [3.05, 3.63) is 178 Å². The lowest BCUT2D eigenvalue weighted by molar-refractivity contribution is -0.275. The molecule has 10 nitrogen and oxygen atoms in total. The predicted octanol–water partition coefficient (Wildman–Crippen LogP) is 10.9. The van der Waals surface area contributed by atoms with E-state index in [1.165, 1.54) is 54.6 Å². The van der Waals surface area contributed by atoms with E-state index in [1.807, 2.05) is 0 Å². The molecule has 0 aliphatic rings. The van der Waals surface area contributed by atoms with E-state index < -0.39 is 47.7 Å². The number of esters is 2. The van der Waals surface area contributed by atoms with Gasteiger partial charge in [-0.25, -0.2) is 9.59 Å². The molecule has 6 rings (SSSR count). The number of ether oxygens (including phenoxy) is 4. The number of ketones is 2. The highest BCUT2D eigenvalue weighted by Gasteiger charge is 2.32. The molecule has 0 unspecified atom stereocenters. The Balaban J connectivity index is 1.14. The summed E-state index contributed by atoms with van der Waals surface area (Å²) >= 11 is 0. The Morgan fingerprint density at radius 1 is 0.508 bits per heavy atom. The second-order valence-corrected chi connectivity index (χ2v) is 13.5. The van der Waals surface area contributed by atoms with E-state index in [0.717, 1.165) is 48.5 Å². The van der Waals surface area contributed by atoms with Crippen molar-refractivity contribution in [2.45, 2.75) is 19.6 Å². The molecule has 0 bridgehead atoms. The van der Waals surface area contributed by atoms with Gasteiger partial charge >= 0.3 is 24.7 Å². The van der Waals surface area contributed by atoms with E-state index in [4.69, 9.17) is 20.9 Å². The van der Waals surface area contributed by atoms with Gasteiger partial charge in [0.1, 0.15) is 23.0 Å². The molecule has 0 atom stereocenters. The summed E-state index contributed by atoms with van der Waals surface area (Å²) in [6.07, 6.45) is -4.11. The van der Waals surface area contributed by atoms with Gasteiger partial charge in [0.05, 0.1) is 11.1 Å². The third-order valence-corrected chi connectivity index (χ3v) is 9.04.